The Morgan fingerprint density at radius 2 is 2.58 bits per heavy atom. The number of cyclic esters (lactones) is 1. The molecule has 0 radical (unpaired) electrons. The predicted octanol–water partition coefficient (Wildman–Crippen LogP) is 0.421. The van der Waals surface area contributed by atoms with Crippen LogP contribution in [0.3, 0.4) is 0 Å². The second-order valence-electron chi connectivity index (χ2n) is 2.50. The molecule has 0 aromatic carbocycles. The Morgan fingerprint density at radius 3 is 3.17 bits per heavy atom. The van der Waals surface area contributed by atoms with Crippen molar-refractivity contribution < 1.29 is 19.1 Å². The van der Waals surface area contributed by atoms with Crippen molar-refractivity contribution in [3.05, 3.63) is 12.2 Å². The van der Waals surface area contributed by atoms with E-state index >= 15 is 0 Å². The van der Waals surface area contributed by atoms with Crippen molar-refractivity contribution >= 4 is 11.9 Å². The van der Waals surface area contributed by atoms with Crippen LogP contribution in [0.25, 0.3) is 0 Å². The van der Waals surface area contributed by atoms with Gasteiger partial charge in [-0.1, -0.05) is 6.08 Å². The fourth-order valence-corrected chi connectivity index (χ4v) is 0.880. The Kier molecular flexibility index (Phi) is 2.85. The first-order valence-electron chi connectivity index (χ1n) is 3.69. The second kappa shape index (κ2) is 3.90. The van der Waals surface area contributed by atoms with Crippen LogP contribution in [0.1, 0.15) is 13.3 Å². The maximum absolute atomic E-state index is 10.7. The van der Waals surface area contributed by atoms with E-state index < -0.39 is 0 Å². The monoisotopic (exact) mass is 170 g/mol. The van der Waals surface area contributed by atoms with Crippen LogP contribution in [0.2, 0.25) is 0 Å². The molecule has 0 bridgehead atoms. The van der Waals surface area contributed by atoms with Gasteiger partial charge in [-0.25, -0.2) is 4.79 Å². The SMILES string of the molecule is CC(=O)OC[C@@H]1CC=CC(=O)O1. The van der Waals surface area contributed by atoms with Crippen LogP contribution in [0.5, 0.6) is 0 Å². The van der Waals surface area contributed by atoms with E-state index in [0.717, 1.165) is 0 Å². The fraction of sp³-hybridized carbons (Fsp3) is 0.500. The summed E-state index contributed by atoms with van der Waals surface area (Å²) in [5.74, 6) is -0.737. The molecule has 4 heteroatoms. The summed E-state index contributed by atoms with van der Waals surface area (Å²) in [6.07, 6.45) is 3.37. The number of carbonyl (C=O) groups is 2. The standard InChI is InChI=1S/C8H10O4/c1-6(9)11-5-7-3-2-4-8(10)12-7/h2,4,7H,3,5H2,1H3/t7-/m0/s1. The molecule has 1 aliphatic heterocycles. The molecular weight excluding hydrogens is 160 g/mol. The third kappa shape index (κ3) is 2.74. The van der Waals surface area contributed by atoms with E-state index in [0.29, 0.717) is 6.42 Å². The number of esters is 2. The third-order valence-corrected chi connectivity index (χ3v) is 1.41. The summed E-state index contributed by atoms with van der Waals surface area (Å²) in [7, 11) is 0. The molecule has 0 aromatic heterocycles. The van der Waals surface area contributed by atoms with Crippen LogP contribution in [0, 0.1) is 0 Å². The number of hydrogen-bond acceptors (Lipinski definition) is 4. The molecule has 0 saturated carbocycles. The van der Waals surface area contributed by atoms with Crippen LogP contribution in [-0.2, 0) is 19.1 Å². The highest BCUT2D eigenvalue weighted by molar-refractivity contribution is 5.82. The Balaban J connectivity index is 2.30. The molecule has 0 saturated heterocycles. The molecule has 0 aliphatic carbocycles. The van der Waals surface area contributed by atoms with Crippen molar-refractivity contribution in [1.82, 2.24) is 0 Å². The highest BCUT2D eigenvalue weighted by atomic mass is 16.6. The van der Waals surface area contributed by atoms with E-state index in [1.807, 2.05) is 0 Å². The zero-order valence-corrected chi connectivity index (χ0v) is 6.78. The minimum absolute atomic E-state index is 0.144. The Morgan fingerprint density at radius 1 is 1.83 bits per heavy atom. The van der Waals surface area contributed by atoms with Gasteiger partial charge >= 0.3 is 11.9 Å². The maximum atomic E-state index is 10.7. The van der Waals surface area contributed by atoms with Crippen molar-refractivity contribution in [2.45, 2.75) is 19.4 Å². The number of carbonyl (C=O) groups excluding carboxylic acids is 2. The van der Waals surface area contributed by atoms with Gasteiger partial charge in [0, 0.05) is 19.4 Å². The van der Waals surface area contributed by atoms with Gasteiger partial charge in [0.25, 0.3) is 0 Å². The molecule has 12 heavy (non-hydrogen) atoms. The lowest BCUT2D eigenvalue weighted by Crippen LogP contribution is -2.25. The van der Waals surface area contributed by atoms with Crippen molar-refractivity contribution in [2.75, 3.05) is 6.61 Å². The summed E-state index contributed by atoms with van der Waals surface area (Å²) in [4.78, 5) is 21.1. The van der Waals surface area contributed by atoms with Gasteiger partial charge in [-0.15, -0.1) is 0 Å². The molecule has 0 N–H and O–H groups in total. The summed E-state index contributed by atoms with van der Waals surface area (Å²) < 4.78 is 9.51. The summed E-state index contributed by atoms with van der Waals surface area (Å²) in [5, 5.41) is 0. The van der Waals surface area contributed by atoms with Crippen molar-refractivity contribution in [3.8, 4) is 0 Å². The quantitative estimate of drug-likeness (QED) is 0.563. The van der Waals surface area contributed by atoms with E-state index in [2.05, 4.69) is 4.74 Å². The summed E-state index contributed by atoms with van der Waals surface area (Å²) in [6.45, 7) is 1.46. The van der Waals surface area contributed by atoms with E-state index in [1.54, 1.807) is 6.08 Å². The van der Waals surface area contributed by atoms with Gasteiger partial charge in [0.1, 0.15) is 12.7 Å². The molecule has 1 heterocycles. The third-order valence-electron chi connectivity index (χ3n) is 1.41. The zero-order chi connectivity index (χ0) is 8.97. The molecule has 4 nitrogen and oxygen atoms in total. The Labute approximate surface area is 70.1 Å². The molecular formula is C8H10O4. The van der Waals surface area contributed by atoms with Gasteiger partial charge < -0.3 is 9.47 Å². The lowest BCUT2D eigenvalue weighted by Gasteiger charge is -2.17. The minimum atomic E-state index is -0.376. The molecule has 0 spiro atoms. The zero-order valence-electron chi connectivity index (χ0n) is 6.78. The molecule has 0 aromatic rings. The lowest BCUT2D eigenvalue weighted by molar-refractivity contribution is -0.154. The molecule has 1 rings (SSSR count). The van der Waals surface area contributed by atoms with E-state index in [-0.39, 0.29) is 24.6 Å². The van der Waals surface area contributed by atoms with Crippen molar-refractivity contribution in [1.29, 1.82) is 0 Å². The molecule has 1 aliphatic rings. The first-order valence-corrected chi connectivity index (χ1v) is 3.69. The smallest absolute Gasteiger partial charge is 0.330 e. The van der Waals surface area contributed by atoms with Gasteiger partial charge in [0.15, 0.2) is 0 Å². The van der Waals surface area contributed by atoms with Crippen molar-refractivity contribution in [3.63, 3.8) is 0 Å². The average molecular weight is 170 g/mol. The summed E-state index contributed by atoms with van der Waals surface area (Å²) >= 11 is 0. The lowest BCUT2D eigenvalue weighted by atomic mass is 10.2. The maximum Gasteiger partial charge on any atom is 0.330 e. The topological polar surface area (TPSA) is 52.6 Å². The molecule has 1 atom stereocenters. The second-order valence-corrected chi connectivity index (χ2v) is 2.50. The number of ether oxygens (including phenoxy) is 2. The first kappa shape index (κ1) is 8.77. The Hall–Kier alpha value is -1.32. The largest absolute Gasteiger partial charge is 0.462 e. The molecule has 0 unspecified atom stereocenters. The first-order chi connectivity index (χ1) is 5.68. The van der Waals surface area contributed by atoms with E-state index in [9.17, 15) is 9.59 Å². The van der Waals surface area contributed by atoms with Gasteiger partial charge in [-0.05, 0) is 0 Å². The van der Waals surface area contributed by atoms with Gasteiger partial charge in [-0.2, -0.15) is 0 Å². The van der Waals surface area contributed by atoms with Crippen molar-refractivity contribution in [2.24, 2.45) is 0 Å². The Bertz CT molecular complexity index is 219. The van der Waals surface area contributed by atoms with Crippen LogP contribution < -0.4 is 0 Å². The van der Waals surface area contributed by atoms with Crippen LogP contribution >= 0.6 is 0 Å². The molecule has 0 amide bonds. The van der Waals surface area contributed by atoms with Gasteiger partial charge in [0.05, 0.1) is 0 Å². The van der Waals surface area contributed by atoms with Gasteiger partial charge in [-0.3, -0.25) is 4.79 Å². The van der Waals surface area contributed by atoms with E-state index in [4.69, 9.17) is 4.74 Å². The predicted molar refractivity (Wildman–Crippen MR) is 40.3 cm³/mol. The molecule has 66 valence electrons. The average Bonchev–Trinajstić information content (AvgIpc) is 2.01. The van der Waals surface area contributed by atoms with Crippen LogP contribution in [-0.4, -0.2) is 24.6 Å². The highest BCUT2D eigenvalue weighted by Gasteiger charge is 2.16. The van der Waals surface area contributed by atoms with E-state index in [1.165, 1.54) is 13.0 Å². The normalized spacial score (nSPS) is 21.8. The van der Waals surface area contributed by atoms with Gasteiger partial charge in [0.2, 0.25) is 0 Å². The molecule has 0 fully saturated rings. The fourth-order valence-electron chi connectivity index (χ4n) is 0.880. The van der Waals surface area contributed by atoms with Crippen LogP contribution in [0.4, 0.5) is 0 Å². The van der Waals surface area contributed by atoms with Crippen LogP contribution in [0.15, 0.2) is 12.2 Å². The summed E-state index contributed by atoms with van der Waals surface area (Å²) in [5.41, 5.74) is 0. The highest BCUT2D eigenvalue weighted by Crippen LogP contribution is 2.07. The minimum Gasteiger partial charge on any atom is -0.462 e. The summed E-state index contributed by atoms with van der Waals surface area (Å²) in [6, 6.07) is 0. The number of hydrogen-bond donors (Lipinski definition) is 0. The number of rotatable bonds is 2.